The van der Waals surface area contributed by atoms with Crippen molar-refractivity contribution in [3.05, 3.63) is 42.0 Å². The molecule has 178 valence electrons. The maximum atomic E-state index is 13.8. The van der Waals surface area contributed by atoms with Crippen LogP contribution >= 0.6 is 11.3 Å². The predicted octanol–water partition coefficient (Wildman–Crippen LogP) is 7.23. The van der Waals surface area contributed by atoms with Crippen LogP contribution in [0.15, 0.2) is 46.6 Å². The highest BCUT2D eigenvalue weighted by atomic mass is 32.1. The third-order valence-corrected chi connectivity index (χ3v) is 7.98. The van der Waals surface area contributed by atoms with Gasteiger partial charge in [0.1, 0.15) is 5.69 Å². The third-order valence-electron chi connectivity index (χ3n) is 7.06. The Morgan fingerprint density at radius 3 is 2.76 bits per heavy atom. The molecule has 1 aliphatic heterocycles. The van der Waals surface area contributed by atoms with E-state index in [0.29, 0.717) is 11.7 Å². The maximum absolute atomic E-state index is 13.8. The Kier molecular flexibility index (Phi) is 5.58. The summed E-state index contributed by atoms with van der Waals surface area (Å²) < 4.78 is 42.3. The van der Waals surface area contributed by atoms with Crippen LogP contribution < -0.4 is 9.80 Å². The number of hydrogen-bond acceptors (Lipinski definition) is 6. The Morgan fingerprint density at radius 2 is 2.06 bits per heavy atom. The molecule has 5 rings (SSSR count). The number of nitrogens with zero attached hydrogens (tertiary/aromatic N) is 5. The van der Waals surface area contributed by atoms with Crippen molar-refractivity contribution in [3.63, 3.8) is 0 Å². The minimum absolute atomic E-state index is 0.00549. The summed E-state index contributed by atoms with van der Waals surface area (Å²) in [6.07, 6.45) is -1.01. The number of anilines is 2. The Bertz CT molecular complexity index is 1240. The molecule has 1 fully saturated rings. The second kappa shape index (κ2) is 8.33. The molecule has 1 saturated carbocycles. The number of carbonyl (C=O) groups excluding carboxylic acids is 1. The van der Waals surface area contributed by atoms with Gasteiger partial charge in [0.25, 0.3) is 0 Å². The number of azo groups is 1. The quantitative estimate of drug-likeness (QED) is 0.217. The van der Waals surface area contributed by atoms with E-state index in [4.69, 9.17) is 0 Å². The van der Waals surface area contributed by atoms with Crippen LogP contribution in [0.4, 0.5) is 35.4 Å². The van der Waals surface area contributed by atoms with E-state index in [1.54, 1.807) is 6.07 Å². The topological polar surface area (TPSA) is 61.2 Å². The second-order valence-electron chi connectivity index (χ2n) is 8.93. The highest BCUT2D eigenvalue weighted by Gasteiger charge is 2.49. The van der Waals surface area contributed by atoms with Crippen LogP contribution in [0, 0.1) is 0 Å². The van der Waals surface area contributed by atoms with Gasteiger partial charge in [-0.05, 0) is 49.6 Å². The average Bonchev–Trinajstić information content (AvgIpc) is 3.32. The first kappa shape index (κ1) is 22.8. The molecule has 0 spiro atoms. The molecule has 1 aromatic heterocycles. The first-order chi connectivity index (χ1) is 16.3. The summed E-state index contributed by atoms with van der Waals surface area (Å²) in [5.41, 5.74) is 1.94. The van der Waals surface area contributed by atoms with Gasteiger partial charge in [-0.1, -0.05) is 43.2 Å². The standard InChI is InChI=1S/C24H24F3N5OS/c1-3-31-18-13-19(32(14-33)24(25,26)27)17(12-15(18)23(2)11-7-6-10-21(23)31)29-30-22-28-16-8-4-5-9-20(16)34-22/h4-5,8-9,12-14,21H,3,6-7,10-11H2,1-2H3. The smallest absolute Gasteiger partial charge is 0.368 e. The Labute approximate surface area is 199 Å². The van der Waals surface area contributed by atoms with Crippen molar-refractivity contribution in [2.45, 2.75) is 57.3 Å². The van der Waals surface area contributed by atoms with Gasteiger partial charge >= 0.3 is 6.30 Å². The number of para-hydroxylation sites is 1. The molecule has 2 aromatic carbocycles. The summed E-state index contributed by atoms with van der Waals surface area (Å²) in [4.78, 5) is 17.9. The number of rotatable bonds is 5. The maximum Gasteiger partial charge on any atom is 0.491 e. The Hall–Kier alpha value is -3.01. The van der Waals surface area contributed by atoms with E-state index in [-0.39, 0.29) is 34.1 Å². The van der Waals surface area contributed by atoms with Crippen molar-refractivity contribution in [2.75, 3.05) is 16.3 Å². The van der Waals surface area contributed by atoms with Gasteiger partial charge in [0.2, 0.25) is 11.5 Å². The van der Waals surface area contributed by atoms with Gasteiger partial charge < -0.3 is 4.90 Å². The monoisotopic (exact) mass is 487 g/mol. The van der Waals surface area contributed by atoms with Gasteiger partial charge in [-0.2, -0.15) is 0 Å². The van der Waals surface area contributed by atoms with Gasteiger partial charge in [-0.15, -0.1) is 23.4 Å². The molecule has 2 aliphatic rings. The van der Waals surface area contributed by atoms with Gasteiger partial charge in [-0.3, -0.25) is 4.79 Å². The lowest BCUT2D eigenvalue weighted by molar-refractivity contribution is -0.141. The highest BCUT2D eigenvalue weighted by Crippen LogP contribution is 2.55. The van der Waals surface area contributed by atoms with E-state index < -0.39 is 6.30 Å². The number of alkyl halides is 3. The van der Waals surface area contributed by atoms with Crippen molar-refractivity contribution >= 4 is 50.2 Å². The minimum atomic E-state index is -4.89. The Morgan fingerprint density at radius 1 is 1.26 bits per heavy atom. The van der Waals surface area contributed by atoms with Crippen molar-refractivity contribution in [3.8, 4) is 0 Å². The van der Waals surface area contributed by atoms with E-state index in [0.717, 1.165) is 47.2 Å². The van der Waals surface area contributed by atoms with E-state index in [1.807, 2.05) is 31.2 Å². The number of amides is 1. The van der Waals surface area contributed by atoms with E-state index in [9.17, 15) is 18.0 Å². The third kappa shape index (κ3) is 3.64. The van der Waals surface area contributed by atoms with Gasteiger partial charge in [0.15, 0.2) is 0 Å². The van der Waals surface area contributed by atoms with Crippen LogP contribution in [0.2, 0.25) is 0 Å². The fourth-order valence-corrected chi connectivity index (χ4v) is 6.26. The summed E-state index contributed by atoms with van der Waals surface area (Å²) >= 11 is 1.30. The molecule has 1 aliphatic carbocycles. The summed E-state index contributed by atoms with van der Waals surface area (Å²) in [5, 5.41) is 8.72. The normalized spacial score (nSPS) is 22.3. The summed E-state index contributed by atoms with van der Waals surface area (Å²) in [6, 6.07) is 10.8. The summed E-state index contributed by atoms with van der Waals surface area (Å²) in [5.74, 6) is 0. The van der Waals surface area contributed by atoms with Crippen LogP contribution in [0.25, 0.3) is 10.2 Å². The molecule has 2 unspecified atom stereocenters. The van der Waals surface area contributed by atoms with Crippen LogP contribution in [-0.2, 0) is 10.2 Å². The van der Waals surface area contributed by atoms with Crippen LogP contribution in [0.3, 0.4) is 0 Å². The minimum Gasteiger partial charge on any atom is -0.368 e. The number of hydrogen-bond donors (Lipinski definition) is 0. The molecule has 2 atom stereocenters. The van der Waals surface area contributed by atoms with Crippen molar-refractivity contribution in [2.24, 2.45) is 10.2 Å². The molecule has 0 bridgehead atoms. The van der Waals surface area contributed by atoms with Crippen molar-refractivity contribution in [1.29, 1.82) is 0 Å². The van der Waals surface area contributed by atoms with Crippen LogP contribution in [-0.4, -0.2) is 30.3 Å². The fraction of sp³-hybridized carbons (Fsp3) is 0.417. The number of halogens is 3. The zero-order chi connectivity index (χ0) is 24.1. The molecule has 0 N–H and O–H groups in total. The molecular formula is C24H24F3N5OS. The van der Waals surface area contributed by atoms with E-state index in [1.165, 1.54) is 17.4 Å². The highest BCUT2D eigenvalue weighted by molar-refractivity contribution is 7.21. The lowest BCUT2D eigenvalue weighted by atomic mass is 9.69. The molecule has 34 heavy (non-hydrogen) atoms. The molecular weight excluding hydrogens is 463 g/mol. The number of thiazole rings is 1. The van der Waals surface area contributed by atoms with E-state index in [2.05, 4.69) is 27.0 Å². The first-order valence-corrected chi connectivity index (χ1v) is 12.1. The van der Waals surface area contributed by atoms with Crippen LogP contribution in [0.1, 0.15) is 45.1 Å². The fourth-order valence-electron chi connectivity index (χ4n) is 5.47. The predicted molar refractivity (Wildman–Crippen MR) is 127 cm³/mol. The number of aromatic nitrogens is 1. The average molecular weight is 488 g/mol. The molecule has 6 nitrogen and oxygen atoms in total. The summed E-state index contributed by atoms with van der Waals surface area (Å²) in [6.45, 7) is 4.86. The number of likely N-dealkylation sites (N-methyl/N-ethyl adjacent to an activating group) is 1. The second-order valence-corrected chi connectivity index (χ2v) is 9.94. The summed E-state index contributed by atoms with van der Waals surface area (Å²) in [7, 11) is 0. The lowest BCUT2D eigenvalue weighted by Crippen LogP contribution is -2.45. The molecule has 10 heteroatoms. The molecule has 0 saturated heterocycles. The lowest BCUT2D eigenvalue weighted by Gasteiger charge is -2.40. The number of benzene rings is 2. The van der Waals surface area contributed by atoms with Gasteiger partial charge in [0, 0.05) is 23.7 Å². The van der Waals surface area contributed by atoms with Crippen molar-refractivity contribution in [1.82, 2.24) is 4.98 Å². The number of fused-ring (bicyclic) bond motifs is 4. The van der Waals surface area contributed by atoms with Gasteiger partial charge in [-0.25, -0.2) is 9.88 Å². The van der Waals surface area contributed by atoms with Crippen molar-refractivity contribution < 1.29 is 18.0 Å². The SMILES string of the molecule is CCN1c2cc(N(C=O)C(F)(F)F)c(N=Nc3nc4ccccc4s3)cc2C2(C)CCCCC12. The first-order valence-electron chi connectivity index (χ1n) is 11.3. The molecule has 1 amide bonds. The van der Waals surface area contributed by atoms with Gasteiger partial charge in [0.05, 0.1) is 15.9 Å². The molecule has 3 aromatic rings. The van der Waals surface area contributed by atoms with Crippen LogP contribution in [0.5, 0.6) is 0 Å². The Balaban J connectivity index is 1.66. The molecule has 2 heterocycles. The van der Waals surface area contributed by atoms with E-state index >= 15 is 0 Å². The molecule has 0 radical (unpaired) electrons. The number of carbonyl (C=O) groups is 1. The largest absolute Gasteiger partial charge is 0.491 e. The zero-order valence-electron chi connectivity index (χ0n) is 18.8. The zero-order valence-corrected chi connectivity index (χ0v) is 19.7.